The van der Waals surface area contributed by atoms with Crippen LogP contribution in [0.3, 0.4) is 0 Å². The molecule has 0 saturated heterocycles. The largest absolute Gasteiger partial charge is 0.493 e. The molecule has 166 valence electrons. The Bertz CT molecular complexity index is 1030. The monoisotopic (exact) mass is 427 g/mol. The van der Waals surface area contributed by atoms with Gasteiger partial charge in [0, 0.05) is 5.92 Å². The fraction of sp³-hybridized carbons (Fsp3) is 0.478. The summed E-state index contributed by atoms with van der Waals surface area (Å²) >= 11 is 0. The summed E-state index contributed by atoms with van der Waals surface area (Å²) in [6, 6.07) is 7.49. The highest BCUT2D eigenvalue weighted by molar-refractivity contribution is 5.97. The minimum atomic E-state index is -1.25. The van der Waals surface area contributed by atoms with E-state index in [4.69, 9.17) is 5.11 Å². The second-order valence-electron chi connectivity index (χ2n) is 9.02. The van der Waals surface area contributed by atoms with Gasteiger partial charge in [0.2, 0.25) is 5.88 Å². The summed E-state index contributed by atoms with van der Waals surface area (Å²) in [7, 11) is 0. The lowest BCUT2D eigenvalue weighted by Crippen LogP contribution is -2.37. The van der Waals surface area contributed by atoms with Gasteiger partial charge >= 0.3 is 5.97 Å². The van der Waals surface area contributed by atoms with E-state index in [0.717, 1.165) is 37.7 Å². The van der Waals surface area contributed by atoms with Gasteiger partial charge in [0.25, 0.3) is 11.5 Å². The van der Waals surface area contributed by atoms with Gasteiger partial charge in [-0.1, -0.05) is 52.2 Å². The van der Waals surface area contributed by atoms with Crippen LogP contribution in [0.25, 0.3) is 5.69 Å². The summed E-state index contributed by atoms with van der Waals surface area (Å²) in [4.78, 5) is 40.9. The number of hydrogen-bond acceptors (Lipinski definition) is 5. The summed E-state index contributed by atoms with van der Waals surface area (Å²) in [6.45, 7) is 5.61. The molecule has 1 aliphatic carbocycles. The van der Waals surface area contributed by atoms with Gasteiger partial charge in [-0.2, -0.15) is 4.98 Å². The van der Waals surface area contributed by atoms with Crippen molar-refractivity contribution in [3.05, 3.63) is 51.6 Å². The Morgan fingerprint density at radius 2 is 1.74 bits per heavy atom. The van der Waals surface area contributed by atoms with Gasteiger partial charge in [-0.05, 0) is 36.0 Å². The van der Waals surface area contributed by atoms with E-state index in [0.29, 0.717) is 11.5 Å². The third kappa shape index (κ3) is 4.95. The molecule has 3 N–H and O–H groups in total. The van der Waals surface area contributed by atoms with Crippen molar-refractivity contribution in [2.24, 2.45) is 0 Å². The molecule has 1 aromatic heterocycles. The molecule has 1 fully saturated rings. The van der Waals surface area contributed by atoms with Gasteiger partial charge < -0.3 is 15.5 Å². The predicted octanol–water partition coefficient (Wildman–Crippen LogP) is 3.10. The van der Waals surface area contributed by atoms with E-state index < -0.39 is 35.4 Å². The maximum absolute atomic E-state index is 13.4. The Labute approximate surface area is 180 Å². The van der Waals surface area contributed by atoms with E-state index >= 15 is 0 Å². The van der Waals surface area contributed by atoms with Crippen LogP contribution in [0, 0.1) is 0 Å². The van der Waals surface area contributed by atoms with Crippen LogP contribution in [0.2, 0.25) is 0 Å². The molecule has 1 aliphatic rings. The number of carboxylic acid groups (broad SMARTS) is 1. The number of aromatic nitrogens is 2. The topological polar surface area (TPSA) is 122 Å². The first kappa shape index (κ1) is 22.5. The van der Waals surface area contributed by atoms with Gasteiger partial charge in [0.1, 0.15) is 12.4 Å². The number of hydrogen-bond donors (Lipinski definition) is 3. The number of carbonyl (C=O) groups is 2. The minimum absolute atomic E-state index is 0.00854. The number of carbonyl (C=O) groups excluding carboxylic acids is 1. The number of rotatable bonds is 5. The first-order valence-electron chi connectivity index (χ1n) is 10.6. The van der Waals surface area contributed by atoms with Crippen LogP contribution in [0.4, 0.5) is 0 Å². The van der Waals surface area contributed by atoms with Crippen molar-refractivity contribution in [2.75, 3.05) is 6.54 Å². The van der Waals surface area contributed by atoms with Crippen LogP contribution >= 0.6 is 0 Å². The van der Waals surface area contributed by atoms with Crippen LogP contribution in [-0.4, -0.2) is 38.2 Å². The van der Waals surface area contributed by atoms with E-state index in [1.165, 1.54) is 4.57 Å². The molecule has 3 rings (SSSR count). The Kier molecular flexibility index (Phi) is 6.48. The zero-order valence-corrected chi connectivity index (χ0v) is 18.1. The fourth-order valence-corrected chi connectivity index (χ4v) is 3.96. The van der Waals surface area contributed by atoms with Crippen molar-refractivity contribution in [3.63, 3.8) is 0 Å². The highest BCUT2D eigenvalue weighted by atomic mass is 16.4. The van der Waals surface area contributed by atoms with Crippen LogP contribution in [0.15, 0.2) is 29.1 Å². The highest BCUT2D eigenvalue weighted by Gasteiger charge is 2.28. The summed E-state index contributed by atoms with van der Waals surface area (Å²) < 4.78 is 1.39. The number of benzene rings is 1. The SMILES string of the molecule is CC(C)(C)c1ccc(-n2c(C3CCCCC3)nc(O)c(C(=O)NCC(=O)O)c2=O)cc1. The zero-order chi connectivity index (χ0) is 22.8. The Morgan fingerprint density at radius 1 is 1.13 bits per heavy atom. The van der Waals surface area contributed by atoms with Crippen molar-refractivity contribution in [1.29, 1.82) is 0 Å². The van der Waals surface area contributed by atoms with E-state index in [-0.39, 0.29) is 11.3 Å². The summed E-state index contributed by atoms with van der Waals surface area (Å²) in [5, 5.41) is 21.4. The molecule has 1 heterocycles. The average Bonchev–Trinajstić information content (AvgIpc) is 2.72. The third-order valence-electron chi connectivity index (χ3n) is 5.68. The molecular weight excluding hydrogens is 398 g/mol. The summed E-state index contributed by atoms with van der Waals surface area (Å²) in [5.41, 5.74) is 0.318. The second kappa shape index (κ2) is 8.91. The number of carboxylic acids is 1. The molecule has 0 radical (unpaired) electrons. The summed E-state index contributed by atoms with van der Waals surface area (Å²) in [6.07, 6.45) is 4.81. The Hall–Kier alpha value is -3.16. The maximum atomic E-state index is 13.4. The fourth-order valence-electron chi connectivity index (χ4n) is 3.96. The molecule has 0 atom stereocenters. The van der Waals surface area contributed by atoms with Gasteiger partial charge in [-0.15, -0.1) is 0 Å². The van der Waals surface area contributed by atoms with Crippen LogP contribution < -0.4 is 10.9 Å². The number of amides is 1. The summed E-state index contributed by atoms with van der Waals surface area (Å²) in [5.74, 6) is -2.47. The van der Waals surface area contributed by atoms with E-state index in [9.17, 15) is 19.5 Å². The Morgan fingerprint density at radius 3 is 2.29 bits per heavy atom. The van der Waals surface area contributed by atoms with Crippen molar-refractivity contribution < 1.29 is 19.8 Å². The Balaban J connectivity index is 2.15. The molecule has 0 spiro atoms. The molecule has 8 heteroatoms. The van der Waals surface area contributed by atoms with Gasteiger partial charge in [0.15, 0.2) is 5.56 Å². The minimum Gasteiger partial charge on any atom is -0.493 e. The zero-order valence-electron chi connectivity index (χ0n) is 18.1. The van der Waals surface area contributed by atoms with E-state index in [2.05, 4.69) is 31.1 Å². The molecule has 1 aromatic carbocycles. The lowest BCUT2D eigenvalue weighted by atomic mass is 9.87. The maximum Gasteiger partial charge on any atom is 0.322 e. The van der Waals surface area contributed by atoms with Crippen LogP contribution in [0.1, 0.15) is 80.5 Å². The molecule has 1 saturated carbocycles. The molecule has 0 bridgehead atoms. The van der Waals surface area contributed by atoms with Crippen LogP contribution in [-0.2, 0) is 10.2 Å². The highest BCUT2D eigenvalue weighted by Crippen LogP contribution is 2.33. The lowest BCUT2D eigenvalue weighted by Gasteiger charge is -2.25. The van der Waals surface area contributed by atoms with Gasteiger partial charge in [-0.3, -0.25) is 19.0 Å². The molecule has 0 unspecified atom stereocenters. The number of nitrogens with one attached hydrogen (secondary N) is 1. The quantitative estimate of drug-likeness (QED) is 0.674. The second-order valence-corrected chi connectivity index (χ2v) is 9.02. The first-order valence-corrected chi connectivity index (χ1v) is 10.6. The van der Waals surface area contributed by atoms with Gasteiger partial charge in [-0.25, -0.2) is 0 Å². The molecule has 31 heavy (non-hydrogen) atoms. The van der Waals surface area contributed by atoms with Crippen molar-refractivity contribution in [1.82, 2.24) is 14.9 Å². The third-order valence-corrected chi connectivity index (χ3v) is 5.68. The smallest absolute Gasteiger partial charge is 0.322 e. The van der Waals surface area contributed by atoms with E-state index in [1.54, 1.807) is 0 Å². The molecular formula is C23H29N3O5. The van der Waals surface area contributed by atoms with Gasteiger partial charge in [0.05, 0.1) is 5.69 Å². The van der Waals surface area contributed by atoms with Crippen LogP contribution in [0.5, 0.6) is 5.88 Å². The lowest BCUT2D eigenvalue weighted by molar-refractivity contribution is -0.135. The first-order chi connectivity index (χ1) is 14.6. The normalized spacial score (nSPS) is 14.9. The molecule has 0 aliphatic heterocycles. The van der Waals surface area contributed by atoms with Crippen molar-refractivity contribution in [3.8, 4) is 11.6 Å². The molecule has 2 aromatic rings. The molecule has 1 amide bonds. The van der Waals surface area contributed by atoms with Crippen molar-refractivity contribution >= 4 is 11.9 Å². The van der Waals surface area contributed by atoms with Crippen molar-refractivity contribution in [2.45, 2.75) is 64.2 Å². The number of aromatic hydroxyl groups is 1. The van der Waals surface area contributed by atoms with E-state index in [1.807, 2.05) is 24.3 Å². The number of aliphatic carboxylic acids is 1. The molecule has 8 nitrogen and oxygen atoms in total. The predicted molar refractivity (Wildman–Crippen MR) is 116 cm³/mol. The standard InChI is InChI=1S/C23H29N3O5/c1-23(2,3)15-9-11-16(12-10-15)26-19(14-7-5-4-6-8-14)25-21(30)18(22(26)31)20(29)24-13-17(27)28/h9-12,14,30H,4-8,13H2,1-3H3,(H,24,29)(H,27,28). The average molecular weight is 428 g/mol. The number of nitrogens with zero attached hydrogens (tertiary/aromatic N) is 2.